The molecule has 5 nitrogen and oxygen atoms in total. The van der Waals surface area contributed by atoms with Gasteiger partial charge in [-0.25, -0.2) is 4.98 Å². The second-order valence-electron chi connectivity index (χ2n) is 4.52. The lowest BCUT2D eigenvalue weighted by molar-refractivity contribution is -0.119. The standard InChI is InChI=1S/C13H19N3O2/c1-4-9-7-11(14-8(2)17)13-10(15-9)5-6-12(16-13)18-3/h5-6,9,11,15H,4,7H2,1-3H3,(H,14,17)/t9-,11+/m0/s1. The van der Waals surface area contributed by atoms with Gasteiger partial charge in [-0.1, -0.05) is 6.92 Å². The van der Waals surface area contributed by atoms with Crippen LogP contribution < -0.4 is 15.4 Å². The lowest BCUT2D eigenvalue weighted by Gasteiger charge is -2.32. The highest BCUT2D eigenvalue weighted by molar-refractivity contribution is 5.74. The summed E-state index contributed by atoms with van der Waals surface area (Å²) < 4.78 is 5.14. The maximum Gasteiger partial charge on any atom is 0.217 e. The summed E-state index contributed by atoms with van der Waals surface area (Å²) in [6.07, 6.45) is 1.87. The minimum Gasteiger partial charge on any atom is -0.481 e. The van der Waals surface area contributed by atoms with Crippen LogP contribution in [-0.4, -0.2) is 24.0 Å². The Kier molecular flexibility index (Phi) is 3.69. The van der Waals surface area contributed by atoms with Crippen LogP contribution in [0, 0.1) is 0 Å². The second-order valence-corrected chi connectivity index (χ2v) is 4.52. The average Bonchev–Trinajstić information content (AvgIpc) is 2.37. The maximum atomic E-state index is 11.3. The third-order valence-electron chi connectivity index (χ3n) is 3.19. The Morgan fingerprint density at radius 2 is 2.39 bits per heavy atom. The zero-order valence-corrected chi connectivity index (χ0v) is 11.0. The number of fused-ring (bicyclic) bond motifs is 1. The first-order chi connectivity index (χ1) is 8.63. The van der Waals surface area contributed by atoms with Gasteiger partial charge in [-0.15, -0.1) is 0 Å². The van der Waals surface area contributed by atoms with Crippen LogP contribution in [0.3, 0.4) is 0 Å². The van der Waals surface area contributed by atoms with Gasteiger partial charge in [-0.3, -0.25) is 4.79 Å². The monoisotopic (exact) mass is 249 g/mol. The number of ether oxygens (including phenoxy) is 1. The van der Waals surface area contributed by atoms with Gasteiger partial charge in [0.15, 0.2) is 0 Å². The fourth-order valence-electron chi connectivity index (χ4n) is 2.27. The summed E-state index contributed by atoms with van der Waals surface area (Å²) in [5, 5.41) is 6.39. The fraction of sp³-hybridized carbons (Fsp3) is 0.538. The summed E-state index contributed by atoms with van der Waals surface area (Å²) >= 11 is 0. The van der Waals surface area contributed by atoms with Crippen LogP contribution >= 0.6 is 0 Å². The minimum atomic E-state index is -0.0428. The molecule has 0 radical (unpaired) electrons. The van der Waals surface area contributed by atoms with Crippen molar-refractivity contribution in [1.82, 2.24) is 10.3 Å². The van der Waals surface area contributed by atoms with Crippen LogP contribution in [0.4, 0.5) is 5.69 Å². The van der Waals surface area contributed by atoms with E-state index in [2.05, 4.69) is 22.5 Å². The molecule has 2 N–H and O–H groups in total. The number of hydrogen-bond acceptors (Lipinski definition) is 4. The van der Waals surface area contributed by atoms with Crippen molar-refractivity contribution in [3.63, 3.8) is 0 Å². The van der Waals surface area contributed by atoms with Crippen molar-refractivity contribution in [1.29, 1.82) is 0 Å². The van der Waals surface area contributed by atoms with Gasteiger partial charge in [0.1, 0.15) is 0 Å². The van der Waals surface area contributed by atoms with Crippen molar-refractivity contribution in [2.75, 3.05) is 12.4 Å². The predicted molar refractivity (Wildman–Crippen MR) is 69.7 cm³/mol. The topological polar surface area (TPSA) is 63.2 Å². The number of pyridine rings is 1. The minimum absolute atomic E-state index is 0.0349. The summed E-state index contributed by atoms with van der Waals surface area (Å²) in [7, 11) is 1.59. The SMILES string of the molecule is CC[C@H]1C[C@@H](NC(C)=O)c2nc(OC)ccc2N1. The molecular formula is C13H19N3O2. The summed E-state index contributed by atoms with van der Waals surface area (Å²) in [5.41, 5.74) is 1.84. The molecule has 5 heteroatoms. The molecular weight excluding hydrogens is 230 g/mol. The lowest BCUT2D eigenvalue weighted by atomic mass is 9.95. The number of carbonyl (C=O) groups is 1. The van der Waals surface area contributed by atoms with E-state index in [1.54, 1.807) is 7.11 Å². The first kappa shape index (κ1) is 12.7. The van der Waals surface area contributed by atoms with Crippen molar-refractivity contribution in [3.05, 3.63) is 17.8 Å². The van der Waals surface area contributed by atoms with Crippen LogP contribution in [0.5, 0.6) is 5.88 Å². The van der Waals surface area contributed by atoms with E-state index in [4.69, 9.17) is 4.74 Å². The van der Waals surface area contributed by atoms with Gasteiger partial charge in [-0.2, -0.15) is 0 Å². The van der Waals surface area contributed by atoms with Crippen molar-refractivity contribution < 1.29 is 9.53 Å². The lowest BCUT2D eigenvalue weighted by Crippen LogP contribution is -2.36. The van der Waals surface area contributed by atoms with Gasteiger partial charge < -0.3 is 15.4 Å². The maximum absolute atomic E-state index is 11.3. The number of anilines is 1. The smallest absolute Gasteiger partial charge is 0.217 e. The van der Waals surface area contributed by atoms with Gasteiger partial charge in [0.2, 0.25) is 11.8 Å². The first-order valence-electron chi connectivity index (χ1n) is 6.22. The number of nitrogens with zero attached hydrogens (tertiary/aromatic N) is 1. The van der Waals surface area contributed by atoms with E-state index in [0.717, 1.165) is 24.2 Å². The second kappa shape index (κ2) is 5.25. The molecule has 1 aliphatic rings. The van der Waals surface area contributed by atoms with E-state index in [0.29, 0.717) is 11.9 Å². The molecule has 2 rings (SSSR count). The summed E-state index contributed by atoms with van der Waals surface area (Å²) in [4.78, 5) is 15.7. The normalized spacial score (nSPS) is 21.7. The summed E-state index contributed by atoms with van der Waals surface area (Å²) in [5.74, 6) is 0.535. The Hall–Kier alpha value is -1.78. The summed E-state index contributed by atoms with van der Waals surface area (Å²) in [6, 6.07) is 4.11. The number of hydrogen-bond donors (Lipinski definition) is 2. The number of carbonyl (C=O) groups excluding carboxylic acids is 1. The number of aromatic nitrogens is 1. The Bertz CT molecular complexity index is 448. The molecule has 0 spiro atoms. The third kappa shape index (κ3) is 2.55. The quantitative estimate of drug-likeness (QED) is 0.858. The van der Waals surface area contributed by atoms with E-state index in [1.165, 1.54) is 6.92 Å². The number of methoxy groups -OCH3 is 1. The van der Waals surface area contributed by atoms with Gasteiger partial charge in [0.25, 0.3) is 0 Å². The number of nitrogens with one attached hydrogen (secondary N) is 2. The third-order valence-corrected chi connectivity index (χ3v) is 3.19. The highest BCUT2D eigenvalue weighted by Crippen LogP contribution is 2.33. The van der Waals surface area contributed by atoms with Gasteiger partial charge in [0, 0.05) is 19.0 Å². The molecule has 2 atom stereocenters. The van der Waals surface area contributed by atoms with Crippen molar-refractivity contribution in [3.8, 4) is 5.88 Å². The number of rotatable bonds is 3. The van der Waals surface area contributed by atoms with E-state index < -0.39 is 0 Å². The average molecular weight is 249 g/mol. The van der Waals surface area contributed by atoms with Crippen LogP contribution in [0.2, 0.25) is 0 Å². The first-order valence-corrected chi connectivity index (χ1v) is 6.22. The van der Waals surface area contributed by atoms with E-state index in [-0.39, 0.29) is 11.9 Å². The molecule has 18 heavy (non-hydrogen) atoms. The Balaban J connectivity index is 2.33. The molecule has 1 aromatic heterocycles. The molecule has 0 saturated heterocycles. The zero-order chi connectivity index (χ0) is 13.1. The highest BCUT2D eigenvalue weighted by atomic mass is 16.5. The van der Waals surface area contributed by atoms with Crippen LogP contribution in [0.25, 0.3) is 0 Å². The predicted octanol–water partition coefficient (Wildman–Crippen LogP) is 1.86. The van der Waals surface area contributed by atoms with Gasteiger partial charge in [0.05, 0.1) is 24.5 Å². The highest BCUT2D eigenvalue weighted by Gasteiger charge is 2.27. The van der Waals surface area contributed by atoms with Crippen molar-refractivity contribution >= 4 is 11.6 Å². The van der Waals surface area contributed by atoms with Crippen LogP contribution in [0.1, 0.15) is 38.4 Å². The van der Waals surface area contributed by atoms with E-state index >= 15 is 0 Å². The molecule has 0 saturated carbocycles. The van der Waals surface area contributed by atoms with Crippen molar-refractivity contribution in [2.24, 2.45) is 0 Å². The zero-order valence-electron chi connectivity index (χ0n) is 11.0. The Labute approximate surface area is 107 Å². The van der Waals surface area contributed by atoms with E-state index in [1.807, 2.05) is 12.1 Å². The molecule has 98 valence electrons. The molecule has 0 unspecified atom stereocenters. The molecule has 0 fully saturated rings. The van der Waals surface area contributed by atoms with Gasteiger partial charge >= 0.3 is 0 Å². The van der Waals surface area contributed by atoms with E-state index in [9.17, 15) is 4.79 Å². The van der Waals surface area contributed by atoms with Crippen molar-refractivity contribution in [2.45, 2.75) is 38.8 Å². The fourth-order valence-corrected chi connectivity index (χ4v) is 2.27. The Morgan fingerprint density at radius 1 is 1.61 bits per heavy atom. The Morgan fingerprint density at radius 3 is 3.00 bits per heavy atom. The molecule has 1 aliphatic heterocycles. The summed E-state index contributed by atoms with van der Waals surface area (Å²) in [6.45, 7) is 3.66. The number of amides is 1. The molecule has 0 aromatic carbocycles. The van der Waals surface area contributed by atoms with Crippen LogP contribution in [-0.2, 0) is 4.79 Å². The van der Waals surface area contributed by atoms with Crippen LogP contribution in [0.15, 0.2) is 12.1 Å². The van der Waals surface area contributed by atoms with Gasteiger partial charge in [-0.05, 0) is 18.9 Å². The molecule has 1 amide bonds. The largest absolute Gasteiger partial charge is 0.481 e. The molecule has 0 aliphatic carbocycles. The molecule has 2 heterocycles. The molecule has 0 bridgehead atoms. The molecule has 1 aromatic rings.